The SMILES string of the molecule is CC(CSc1nc(N)nc(-c2c(Cl)cc3c4c(cccc24)COC3)n1)C(=O)O. The van der Waals surface area contributed by atoms with Gasteiger partial charge in [0.25, 0.3) is 0 Å². The Balaban J connectivity index is 1.82. The quantitative estimate of drug-likeness (QED) is 0.604. The molecule has 28 heavy (non-hydrogen) atoms. The molecule has 7 nitrogen and oxygen atoms in total. The number of thioether (sulfide) groups is 1. The molecular formula is C19H17ClN4O3S. The van der Waals surface area contributed by atoms with Crippen molar-refractivity contribution in [1.29, 1.82) is 0 Å². The van der Waals surface area contributed by atoms with Crippen molar-refractivity contribution < 1.29 is 14.6 Å². The lowest BCUT2D eigenvalue weighted by atomic mass is 9.94. The van der Waals surface area contributed by atoms with Crippen LogP contribution < -0.4 is 5.73 Å². The van der Waals surface area contributed by atoms with Gasteiger partial charge in [-0.3, -0.25) is 4.79 Å². The molecule has 144 valence electrons. The Morgan fingerprint density at radius 1 is 1.32 bits per heavy atom. The van der Waals surface area contributed by atoms with E-state index < -0.39 is 11.9 Å². The number of aromatic nitrogens is 3. The molecular weight excluding hydrogens is 400 g/mol. The minimum absolute atomic E-state index is 0.0651. The number of nitrogens with two attached hydrogens (primary N) is 1. The summed E-state index contributed by atoms with van der Waals surface area (Å²) in [6.07, 6.45) is 0. The molecule has 3 N–H and O–H groups in total. The highest BCUT2D eigenvalue weighted by molar-refractivity contribution is 7.99. The number of benzene rings is 2. The van der Waals surface area contributed by atoms with Crippen molar-refractivity contribution in [3.63, 3.8) is 0 Å². The summed E-state index contributed by atoms with van der Waals surface area (Å²) in [4.78, 5) is 24.0. The maximum atomic E-state index is 11.0. The summed E-state index contributed by atoms with van der Waals surface area (Å²) in [7, 11) is 0. The van der Waals surface area contributed by atoms with E-state index in [2.05, 4.69) is 15.0 Å². The highest BCUT2D eigenvalue weighted by Crippen LogP contribution is 2.39. The van der Waals surface area contributed by atoms with Crippen LogP contribution in [0.3, 0.4) is 0 Å². The zero-order chi connectivity index (χ0) is 19.8. The van der Waals surface area contributed by atoms with Crippen LogP contribution in [0.5, 0.6) is 0 Å². The average Bonchev–Trinajstić information content (AvgIpc) is 2.66. The molecule has 1 aliphatic heterocycles. The summed E-state index contributed by atoms with van der Waals surface area (Å²) in [6.45, 7) is 2.67. The third-order valence-electron chi connectivity index (χ3n) is 4.54. The lowest BCUT2D eigenvalue weighted by Gasteiger charge is -2.20. The fourth-order valence-corrected chi connectivity index (χ4v) is 4.33. The van der Waals surface area contributed by atoms with Gasteiger partial charge in [0.15, 0.2) is 11.0 Å². The molecule has 1 aromatic heterocycles. The second kappa shape index (κ2) is 7.54. The lowest BCUT2D eigenvalue weighted by Crippen LogP contribution is -2.12. The van der Waals surface area contributed by atoms with E-state index in [-0.39, 0.29) is 5.95 Å². The van der Waals surface area contributed by atoms with Crippen LogP contribution in [0.15, 0.2) is 29.4 Å². The van der Waals surface area contributed by atoms with Gasteiger partial charge in [-0.05, 0) is 28.0 Å². The number of halogens is 1. The van der Waals surface area contributed by atoms with Crippen molar-refractivity contribution in [3.8, 4) is 11.4 Å². The van der Waals surface area contributed by atoms with Crippen molar-refractivity contribution >= 4 is 46.1 Å². The van der Waals surface area contributed by atoms with E-state index in [1.54, 1.807) is 6.92 Å². The minimum Gasteiger partial charge on any atom is -0.481 e. The fraction of sp³-hybridized carbons (Fsp3) is 0.263. The van der Waals surface area contributed by atoms with Gasteiger partial charge in [0.2, 0.25) is 5.95 Å². The molecule has 2 aromatic carbocycles. The lowest BCUT2D eigenvalue weighted by molar-refractivity contribution is -0.140. The van der Waals surface area contributed by atoms with Crippen LogP contribution in [0, 0.1) is 5.92 Å². The summed E-state index contributed by atoms with van der Waals surface area (Å²) in [6, 6.07) is 7.83. The van der Waals surface area contributed by atoms with Gasteiger partial charge in [-0.1, -0.05) is 48.5 Å². The first kappa shape index (κ1) is 18.9. The molecule has 3 aromatic rings. The highest BCUT2D eigenvalue weighted by Gasteiger charge is 2.21. The van der Waals surface area contributed by atoms with E-state index in [0.717, 1.165) is 21.9 Å². The summed E-state index contributed by atoms with van der Waals surface area (Å²) >= 11 is 7.82. The Hall–Kier alpha value is -2.42. The predicted octanol–water partition coefficient (Wildman–Crippen LogP) is 3.77. The second-order valence-corrected chi connectivity index (χ2v) is 7.97. The number of carboxylic acid groups (broad SMARTS) is 1. The number of hydrogen-bond acceptors (Lipinski definition) is 7. The van der Waals surface area contributed by atoms with Gasteiger partial charge in [-0.2, -0.15) is 9.97 Å². The Kier molecular flexibility index (Phi) is 5.09. The van der Waals surface area contributed by atoms with Crippen molar-refractivity contribution in [3.05, 3.63) is 40.4 Å². The van der Waals surface area contributed by atoms with Gasteiger partial charge in [0, 0.05) is 11.3 Å². The maximum absolute atomic E-state index is 11.0. The summed E-state index contributed by atoms with van der Waals surface area (Å²) in [5.74, 6) is -0.639. The molecule has 0 spiro atoms. The third kappa shape index (κ3) is 3.50. The Labute approximate surface area is 170 Å². The van der Waals surface area contributed by atoms with E-state index >= 15 is 0 Å². The number of hydrogen-bond donors (Lipinski definition) is 2. The number of ether oxygens (including phenoxy) is 1. The summed E-state index contributed by atoms with van der Waals surface area (Å²) in [5.41, 5.74) is 8.70. The zero-order valence-electron chi connectivity index (χ0n) is 15.0. The molecule has 1 aliphatic rings. The highest BCUT2D eigenvalue weighted by atomic mass is 35.5. The Bertz CT molecular complexity index is 1090. The number of aliphatic carboxylic acids is 1. The van der Waals surface area contributed by atoms with Crippen LogP contribution in [-0.2, 0) is 22.7 Å². The van der Waals surface area contributed by atoms with Gasteiger partial charge in [-0.25, -0.2) is 4.98 Å². The summed E-state index contributed by atoms with van der Waals surface area (Å²) in [5, 5.41) is 12.0. The standard InChI is InChI=1S/C19H17ClN4O3S/c1-9(17(25)26)8-28-19-23-16(22-18(21)24-19)15-12-4-2-3-10-6-27-7-11(14(10)12)5-13(15)20/h2-5,9H,6-8H2,1H3,(H,25,26)(H2,21,22,23,24). The number of nitrogens with zero attached hydrogens (tertiary/aromatic N) is 3. The first-order chi connectivity index (χ1) is 13.4. The zero-order valence-corrected chi connectivity index (χ0v) is 16.5. The number of carboxylic acids is 1. The monoisotopic (exact) mass is 416 g/mol. The number of rotatable bonds is 5. The molecule has 4 rings (SSSR count). The van der Waals surface area contributed by atoms with Gasteiger partial charge < -0.3 is 15.6 Å². The fourth-order valence-electron chi connectivity index (χ4n) is 3.17. The van der Waals surface area contributed by atoms with Gasteiger partial charge in [-0.15, -0.1) is 0 Å². The topological polar surface area (TPSA) is 111 Å². The van der Waals surface area contributed by atoms with E-state index in [1.165, 1.54) is 11.8 Å². The van der Waals surface area contributed by atoms with Gasteiger partial charge >= 0.3 is 5.97 Å². The normalized spacial score (nSPS) is 14.2. The van der Waals surface area contributed by atoms with Crippen molar-refractivity contribution in [2.45, 2.75) is 25.3 Å². The summed E-state index contributed by atoms with van der Waals surface area (Å²) < 4.78 is 5.63. The number of carbonyl (C=O) groups is 1. The van der Waals surface area contributed by atoms with Crippen LogP contribution in [0.25, 0.3) is 22.2 Å². The molecule has 0 radical (unpaired) electrons. The van der Waals surface area contributed by atoms with Crippen molar-refractivity contribution in [2.24, 2.45) is 5.92 Å². The third-order valence-corrected chi connectivity index (χ3v) is 5.94. The van der Waals surface area contributed by atoms with Crippen LogP contribution in [0.4, 0.5) is 5.95 Å². The molecule has 0 saturated heterocycles. The minimum atomic E-state index is -0.872. The molecule has 1 unspecified atom stereocenters. The van der Waals surface area contributed by atoms with E-state index in [0.29, 0.717) is 40.5 Å². The molecule has 1 atom stereocenters. The van der Waals surface area contributed by atoms with Gasteiger partial charge in [0.05, 0.1) is 24.2 Å². The van der Waals surface area contributed by atoms with Crippen molar-refractivity contribution in [2.75, 3.05) is 11.5 Å². The van der Waals surface area contributed by atoms with E-state index in [9.17, 15) is 4.79 Å². The largest absolute Gasteiger partial charge is 0.481 e. The van der Waals surface area contributed by atoms with E-state index in [1.807, 2.05) is 24.3 Å². The first-order valence-electron chi connectivity index (χ1n) is 8.62. The molecule has 0 fully saturated rings. The number of anilines is 1. The molecule has 0 aliphatic carbocycles. The average molecular weight is 417 g/mol. The van der Waals surface area contributed by atoms with Crippen LogP contribution >= 0.6 is 23.4 Å². The van der Waals surface area contributed by atoms with Gasteiger partial charge in [0.1, 0.15) is 0 Å². The maximum Gasteiger partial charge on any atom is 0.307 e. The smallest absolute Gasteiger partial charge is 0.307 e. The number of nitrogen functional groups attached to an aromatic ring is 1. The molecule has 0 bridgehead atoms. The van der Waals surface area contributed by atoms with Crippen molar-refractivity contribution in [1.82, 2.24) is 15.0 Å². The first-order valence-corrected chi connectivity index (χ1v) is 9.98. The second-order valence-electron chi connectivity index (χ2n) is 6.58. The van der Waals surface area contributed by atoms with Crippen LogP contribution in [-0.4, -0.2) is 31.8 Å². The van der Waals surface area contributed by atoms with Crippen LogP contribution in [0.1, 0.15) is 18.1 Å². The van der Waals surface area contributed by atoms with Crippen LogP contribution in [0.2, 0.25) is 5.02 Å². The molecule has 0 saturated carbocycles. The Morgan fingerprint density at radius 3 is 2.89 bits per heavy atom. The Morgan fingerprint density at radius 2 is 2.11 bits per heavy atom. The molecule has 2 heterocycles. The molecule has 9 heteroatoms. The van der Waals surface area contributed by atoms with E-state index in [4.69, 9.17) is 27.2 Å². The predicted molar refractivity (Wildman–Crippen MR) is 108 cm³/mol. The molecule has 0 amide bonds.